The van der Waals surface area contributed by atoms with Gasteiger partial charge >= 0.3 is 0 Å². The van der Waals surface area contributed by atoms with Crippen molar-refractivity contribution in [3.8, 4) is 0 Å². The number of halogens is 1. The summed E-state index contributed by atoms with van der Waals surface area (Å²) in [6, 6.07) is 15.0. The van der Waals surface area contributed by atoms with Crippen molar-refractivity contribution in [1.29, 1.82) is 0 Å². The van der Waals surface area contributed by atoms with Crippen molar-refractivity contribution < 1.29 is 13.2 Å². The minimum Gasteiger partial charge on any atom is -0.352 e. The van der Waals surface area contributed by atoms with Gasteiger partial charge in [-0.3, -0.25) is 9.10 Å². The fraction of sp³-hybridized carbons (Fsp3) is 0.278. The van der Waals surface area contributed by atoms with Crippen LogP contribution in [0.1, 0.15) is 23.2 Å². The molecule has 0 heterocycles. The Morgan fingerprint density at radius 2 is 1.65 bits per heavy atom. The van der Waals surface area contributed by atoms with Crippen LogP contribution in [0, 0.1) is 0 Å². The highest BCUT2D eigenvalue weighted by molar-refractivity contribution is 7.92. The van der Waals surface area contributed by atoms with Gasteiger partial charge in [0, 0.05) is 13.6 Å². The Morgan fingerprint density at radius 1 is 1.04 bits per heavy atom. The van der Waals surface area contributed by atoms with E-state index in [1.54, 1.807) is 36.4 Å². The summed E-state index contributed by atoms with van der Waals surface area (Å²) in [5.74, 6) is -0.405. The molecule has 2 aromatic rings. The van der Waals surface area contributed by atoms with E-state index in [2.05, 4.69) is 5.32 Å². The summed E-state index contributed by atoms with van der Waals surface area (Å²) in [6.45, 7) is 1.02. The molecule has 0 unspecified atom stereocenters. The number of carbonyl (C=O) groups excluding carboxylic acids is 1. The maximum absolute atomic E-state index is 13.0. The van der Waals surface area contributed by atoms with E-state index >= 15 is 0 Å². The molecule has 0 aliphatic rings. The first kappa shape index (κ1) is 22.0. The van der Waals surface area contributed by atoms with Crippen LogP contribution in [0.3, 0.4) is 0 Å². The maximum Gasteiger partial charge on any atom is 0.264 e. The molecule has 6 nitrogen and oxygen atoms in total. The highest BCUT2D eigenvalue weighted by Gasteiger charge is 2.26. The van der Waals surface area contributed by atoms with E-state index in [1.807, 2.05) is 6.07 Å². The zero-order chi connectivity index (χ0) is 18.3. The Kier molecular flexibility index (Phi) is 8.57. The van der Waals surface area contributed by atoms with Crippen molar-refractivity contribution in [3.63, 3.8) is 0 Å². The number of amides is 1. The molecule has 3 N–H and O–H groups in total. The van der Waals surface area contributed by atoms with Gasteiger partial charge in [0.2, 0.25) is 0 Å². The summed E-state index contributed by atoms with van der Waals surface area (Å²) in [4.78, 5) is 12.4. The second-order valence-electron chi connectivity index (χ2n) is 5.56. The van der Waals surface area contributed by atoms with Crippen LogP contribution in [-0.4, -0.2) is 34.5 Å². The fourth-order valence-electron chi connectivity index (χ4n) is 2.37. The SMILES string of the molecule is CN(c1ccccc1)S(=O)(=O)c1ccccc1C(=O)NCCCCN.Cl. The van der Waals surface area contributed by atoms with E-state index in [0.29, 0.717) is 18.8 Å². The Balaban J connectivity index is 0.00000338. The molecular formula is C18H24ClN3O3S. The van der Waals surface area contributed by atoms with Gasteiger partial charge in [-0.25, -0.2) is 8.42 Å². The first-order valence-electron chi connectivity index (χ1n) is 8.09. The summed E-state index contributed by atoms with van der Waals surface area (Å²) < 4.78 is 27.1. The number of anilines is 1. The van der Waals surface area contributed by atoms with Gasteiger partial charge in [-0.05, 0) is 43.7 Å². The van der Waals surface area contributed by atoms with Gasteiger partial charge in [-0.15, -0.1) is 12.4 Å². The highest BCUT2D eigenvalue weighted by atomic mass is 35.5. The molecule has 0 spiro atoms. The maximum atomic E-state index is 13.0. The number of hydrogen-bond donors (Lipinski definition) is 2. The van der Waals surface area contributed by atoms with Crippen LogP contribution in [0.5, 0.6) is 0 Å². The van der Waals surface area contributed by atoms with Crippen LogP contribution < -0.4 is 15.4 Å². The van der Waals surface area contributed by atoms with Gasteiger partial charge in [0.25, 0.3) is 15.9 Å². The fourth-order valence-corrected chi connectivity index (χ4v) is 3.75. The van der Waals surface area contributed by atoms with Gasteiger partial charge < -0.3 is 11.1 Å². The third kappa shape index (κ3) is 5.20. The lowest BCUT2D eigenvalue weighted by Gasteiger charge is -2.21. The van der Waals surface area contributed by atoms with E-state index in [1.165, 1.54) is 23.5 Å². The van der Waals surface area contributed by atoms with Crippen LogP contribution in [0.2, 0.25) is 0 Å². The molecule has 0 saturated heterocycles. The van der Waals surface area contributed by atoms with Gasteiger partial charge in [0.1, 0.15) is 4.90 Å². The van der Waals surface area contributed by atoms with Crippen molar-refractivity contribution in [2.75, 3.05) is 24.4 Å². The highest BCUT2D eigenvalue weighted by Crippen LogP contribution is 2.24. The quantitative estimate of drug-likeness (QED) is 0.669. The minimum absolute atomic E-state index is 0. The summed E-state index contributed by atoms with van der Waals surface area (Å²) >= 11 is 0. The average Bonchev–Trinajstić information content (AvgIpc) is 2.65. The Labute approximate surface area is 160 Å². The molecule has 0 bridgehead atoms. The zero-order valence-corrected chi connectivity index (χ0v) is 16.2. The van der Waals surface area contributed by atoms with Crippen molar-refractivity contribution in [3.05, 3.63) is 60.2 Å². The van der Waals surface area contributed by atoms with Gasteiger partial charge in [-0.1, -0.05) is 30.3 Å². The van der Waals surface area contributed by atoms with Crippen molar-refractivity contribution in [2.45, 2.75) is 17.7 Å². The standard InChI is InChI=1S/C18H23N3O3S.ClH/c1-21(15-9-3-2-4-10-15)25(23,24)17-12-6-5-11-16(17)18(22)20-14-8-7-13-19;/h2-6,9-12H,7-8,13-14,19H2,1H3,(H,20,22);1H. The van der Waals surface area contributed by atoms with Crippen LogP contribution >= 0.6 is 12.4 Å². The monoisotopic (exact) mass is 397 g/mol. The molecule has 0 saturated carbocycles. The topological polar surface area (TPSA) is 92.5 Å². The molecule has 0 radical (unpaired) electrons. The Bertz CT molecular complexity index is 813. The van der Waals surface area contributed by atoms with E-state index < -0.39 is 15.9 Å². The van der Waals surface area contributed by atoms with Crippen molar-refractivity contribution in [2.24, 2.45) is 5.73 Å². The third-order valence-corrected chi connectivity index (χ3v) is 5.65. The van der Waals surface area contributed by atoms with Gasteiger partial charge in [0.15, 0.2) is 0 Å². The zero-order valence-electron chi connectivity index (χ0n) is 14.6. The molecule has 0 aromatic heterocycles. The summed E-state index contributed by atoms with van der Waals surface area (Å²) in [5.41, 5.74) is 6.09. The molecule has 8 heteroatoms. The first-order valence-corrected chi connectivity index (χ1v) is 9.53. The van der Waals surface area contributed by atoms with E-state index in [9.17, 15) is 13.2 Å². The molecule has 1 amide bonds. The molecule has 2 rings (SSSR count). The van der Waals surface area contributed by atoms with Gasteiger partial charge in [-0.2, -0.15) is 0 Å². The Morgan fingerprint density at radius 3 is 2.31 bits per heavy atom. The third-order valence-electron chi connectivity index (χ3n) is 3.81. The molecule has 0 aliphatic heterocycles. The van der Waals surface area contributed by atoms with Crippen LogP contribution in [0.4, 0.5) is 5.69 Å². The molecule has 0 aliphatic carbocycles. The number of nitrogens with two attached hydrogens (primary N) is 1. The van der Waals surface area contributed by atoms with Crippen molar-refractivity contribution in [1.82, 2.24) is 5.32 Å². The normalized spacial score (nSPS) is 10.7. The van der Waals surface area contributed by atoms with Crippen molar-refractivity contribution >= 4 is 34.0 Å². The number of sulfonamides is 1. The molecule has 0 fully saturated rings. The van der Waals surface area contributed by atoms with E-state index in [0.717, 1.165) is 12.8 Å². The predicted octanol–water partition coefficient (Wildman–Crippen LogP) is 2.40. The van der Waals surface area contributed by atoms with E-state index in [-0.39, 0.29) is 22.9 Å². The molecule has 2 aromatic carbocycles. The number of benzene rings is 2. The number of rotatable bonds is 8. The smallest absolute Gasteiger partial charge is 0.264 e. The molecule has 142 valence electrons. The van der Waals surface area contributed by atoms with E-state index in [4.69, 9.17) is 5.73 Å². The van der Waals surface area contributed by atoms with Gasteiger partial charge in [0.05, 0.1) is 11.3 Å². The molecular weight excluding hydrogens is 374 g/mol. The second-order valence-corrected chi connectivity index (χ2v) is 7.49. The number of unbranched alkanes of at least 4 members (excludes halogenated alkanes) is 1. The minimum atomic E-state index is -3.85. The predicted molar refractivity (Wildman–Crippen MR) is 106 cm³/mol. The molecule has 26 heavy (non-hydrogen) atoms. The summed E-state index contributed by atoms with van der Waals surface area (Å²) in [6.07, 6.45) is 1.55. The number of nitrogens with one attached hydrogen (secondary N) is 1. The number of nitrogens with zero attached hydrogens (tertiary/aromatic N) is 1. The average molecular weight is 398 g/mol. The van der Waals surface area contributed by atoms with Crippen LogP contribution in [0.15, 0.2) is 59.5 Å². The van der Waals surface area contributed by atoms with Crippen LogP contribution in [-0.2, 0) is 10.0 Å². The first-order chi connectivity index (χ1) is 12.0. The number of carbonyl (C=O) groups is 1. The summed E-state index contributed by atoms with van der Waals surface area (Å²) in [7, 11) is -2.38. The van der Waals surface area contributed by atoms with Crippen LogP contribution in [0.25, 0.3) is 0 Å². The lowest BCUT2D eigenvalue weighted by Crippen LogP contribution is -2.31. The Hall–Kier alpha value is -2.09. The molecule has 0 atom stereocenters. The lowest BCUT2D eigenvalue weighted by molar-refractivity contribution is 0.0949. The number of hydrogen-bond acceptors (Lipinski definition) is 4. The summed E-state index contributed by atoms with van der Waals surface area (Å²) in [5, 5.41) is 2.75. The number of para-hydroxylation sites is 1. The largest absolute Gasteiger partial charge is 0.352 e. The second kappa shape index (κ2) is 10.2. The lowest BCUT2D eigenvalue weighted by atomic mass is 10.2.